The summed E-state index contributed by atoms with van der Waals surface area (Å²) in [6.45, 7) is 7.46. The van der Waals surface area contributed by atoms with Gasteiger partial charge < -0.3 is 20.1 Å². The number of nitrogens with two attached hydrogens (primary N) is 1. The third-order valence-corrected chi connectivity index (χ3v) is 3.94. The smallest absolute Gasteiger partial charge is 0.167 e. The molecule has 0 radical (unpaired) electrons. The van der Waals surface area contributed by atoms with Crippen molar-refractivity contribution in [2.24, 2.45) is 0 Å². The van der Waals surface area contributed by atoms with Crippen LogP contribution in [0.3, 0.4) is 0 Å². The number of hydrogen-bond acceptors (Lipinski definition) is 4. The van der Waals surface area contributed by atoms with Gasteiger partial charge in [-0.3, -0.25) is 0 Å². The van der Waals surface area contributed by atoms with Crippen LogP contribution < -0.4 is 15.4 Å². The molecule has 2 rings (SSSR count). The first-order chi connectivity index (χ1) is 9.84. The Bertz CT molecular complexity index is 507. The molecule has 0 aliphatic carbocycles. The standard InChI is InChI=1S/C16H25FN2O2/c1-11(2)21-15-9-14(13(18)8-12(15)17)19-7-5-6-16(3,10-19)20-4/h8-9,11H,5-7,10,18H2,1-4H3. The van der Waals surface area contributed by atoms with E-state index in [9.17, 15) is 4.39 Å². The molecule has 1 heterocycles. The van der Waals surface area contributed by atoms with Crippen molar-refractivity contribution in [2.75, 3.05) is 30.8 Å². The SMILES string of the molecule is COC1(C)CCCN(c2cc(OC(C)C)c(F)cc2N)C1. The van der Waals surface area contributed by atoms with E-state index in [1.54, 1.807) is 13.2 Å². The largest absolute Gasteiger partial charge is 0.488 e. The van der Waals surface area contributed by atoms with Gasteiger partial charge in [-0.25, -0.2) is 4.39 Å². The number of nitrogens with zero attached hydrogens (tertiary/aromatic N) is 1. The summed E-state index contributed by atoms with van der Waals surface area (Å²) in [7, 11) is 1.73. The maximum atomic E-state index is 13.9. The molecule has 5 heteroatoms. The average molecular weight is 296 g/mol. The second kappa shape index (κ2) is 6.10. The minimum atomic E-state index is -0.420. The van der Waals surface area contributed by atoms with E-state index in [0.29, 0.717) is 5.69 Å². The third kappa shape index (κ3) is 3.59. The first kappa shape index (κ1) is 15.9. The van der Waals surface area contributed by atoms with Crippen molar-refractivity contribution in [3.8, 4) is 5.75 Å². The van der Waals surface area contributed by atoms with E-state index in [-0.39, 0.29) is 17.5 Å². The molecule has 1 saturated heterocycles. The van der Waals surface area contributed by atoms with Gasteiger partial charge in [0.15, 0.2) is 11.6 Å². The fourth-order valence-electron chi connectivity index (χ4n) is 2.75. The number of methoxy groups -OCH3 is 1. The molecular weight excluding hydrogens is 271 g/mol. The molecule has 0 aromatic heterocycles. The molecule has 118 valence electrons. The molecule has 2 N–H and O–H groups in total. The fourth-order valence-corrected chi connectivity index (χ4v) is 2.75. The maximum Gasteiger partial charge on any atom is 0.167 e. The van der Waals surface area contributed by atoms with Crippen LogP contribution in [0.4, 0.5) is 15.8 Å². The Kier molecular flexibility index (Phi) is 4.61. The number of benzene rings is 1. The number of piperidine rings is 1. The van der Waals surface area contributed by atoms with E-state index in [2.05, 4.69) is 11.8 Å². The number of hydrogen-bond donors (Lipinski definition) is 1. The quantitative estimate of drug-likeness (QED) is 0.867. The second-order valence-electron chi connectivity index (χ2n) is 6.19. The van der Waals surface area contributed by atoms with Gasteiger partial charge in [0, 0.05) is 32.3 Å². The highest BCUT2D eigenvalue weighted by Crippen LogP contribution is 2.35. The van der Waals surface area contributed by atoms with Crippen LogP contribution in [0.1, 0.15) is 33.6 Å². The van der Waals surface area contributed by atoms with E-state index >= 15 is 0 Å². The minimum Gasteiger partial charge on any atom is -0.488 e. The van der Waals surface area contributed by atoms with E-state index in [1.165, 1.54) is 6.07 Å². The third-order valence-electron chi connectivity index (χ3n) is 3.94. The zero-order valence-corrected chi connectivity index (χ0v) is 13.3. The van der Waals surface area contributed by atoms with Crippen LogP contribution in [-0.4, -0.2) is 31.9 Å². The molecule has 0 bridgehead atoms. The lowest BCUT2D eigenvalue weighted by molar-refractivity contribution is -0.00463. The summed E-state index contributed by atoms with van der Waals surface area (Å²) in [5.41, 5.74) is 7.06. The summed E-state index contributed by atoms with van der Waals surface area (Å²) >= 11 is 0. The Morgan fingerprint density at radius 1 is 1.38 bits per heavy atom. The van der Waals surface area contributed by atoms with Crippen LogP contribution in [0.2, 0.25) is 0 Å². The topological polar surface area (TPSA) is 47.7 Å². The molecule has 1 aliphatic rings. The van der Waals surface area contributed by atoms with Crippen molar-refractivity contribution < 1.29 is 13.9 Å². The van der Waals surface area contributed by atoms with Crippen molar-refractivity contribution in [1.82, 2.24) is 0 Å². The highest BCUT2D eigenvalue weighted by molar-refractivity contribution is 5.70. The normalized spacial score (nSPS) is 22.7. The van der Waals surface area contributed by atoms with Crippen molar-refractivity contribution in [2.45, 2.75) is 45.3 Å². The predicted octanol–water partition coefficient (Wildman–Crippen LogP) is 3.20. The van der Waals surface area contributed by atoms with Gasteiger partial charge >= 0.3 is 0 Å². The number of ether oxygens (including phenoxy) is 2. The zero-order chi connectivity index (χ0) is 15.6. The van der Waals surface area contributed by atoms with Gasteiger partial charge in [-0.1, -0.05) is 0 Å². The number of halogens is 1. The lowest BCUT2D eigenvalue weighted by atomic mass is 9.94. The lowest BCUT2D eigenvalue weighted by Crippen LogP contribution is -2.47. The van der Waals surface area contributed by atoms with Crippen molar-refractivity contribution >= 4 is 11.4 Å². The van der Waals surface area contributed by atoms with Crippen molar-refractivity contribution in [3.63, 3.8) is 0 Å². The molecule has 4 nitrogen and oxygen atoms in total. The fraction of sp³-hybridized carbons (Fsp3) is 0.625. The predicted molar refractivity (Wildman–Crippen MR) is 83.4 cm³/mol. The van der Waals surface area contributed by atoms with Crippen LogP contribution >= 0.6 is 0 Å². The molecule has 1 unspecified atom stereocenters. The summed E-state index contributed by atoms with van der Waals surface area (Å²) in [5.74, 6) is -0.171. The van der Waals surface area contributed by atoms with E-state index in [4.69, 9.17) is 15.2 Å². The van der Waals surface area contributed by atoms with Gasteiger partial charge in [0.25, 0.3) is 0 Å². The summed E-state index contributed by atoms with van der Waals surface area (Å²) < 4.78 is 25.1. The van der Waals surface area contributed by atoms with E-state index < -0.39 is 5.82 Å². The Balaban J connectivity index is 2.30. The highest BCUT2D eigenvalue weighted by Gasteiger charge is 2.32. The maximum absolute atomic E-state index is 13.9. The lowest BCUT2D eigenvalue weighted by Gasteiger charge is -2.41. The van der Waals surface area contributed by atoms with Gasteiger partial charge in [-0.2, -0.15) is 0 Å². The monoisotopic (exact) mass is 296 g/mol. The second-order valence-corrected chi connectivity index (χ2v) is 6.19. The molecule has 0 spiro atoms. The molecule has 21 heavy (non-hydrogen) atoms. The first-order valence-corrected chi connectivity index (χ1v) is 7.40. The van der Waals surface area contributed by atoms with Crippen LogP contribution in [0, 0.1) is 5.82 Å². The first-order valence-electron chi connectivity index (χ1n) is 7.40. The number of nitrogen functional groups attached to an aromatic ring is 1. The molecule has 1 fully saturated rings. The van der Waals surface area contributed by atoms with Crippen LogP contribution in [0.15, 0.2) is 12.1 Å². The number of rotatable bonds is 4. The summed E-state index contributed by atoms with van der Waals surface area (Å²) in [6.07, 6.45) is 1.94. The summed E-state index contributed by atoms with van der Waals surface area (Å²) in [6, 6.07) is 3.04. The van der Waals surface area contributed by atoms with Crippen molar-refractivity contribution in [3.05, 3.63) is 17.9 Å². The van der Waals surface area contributed by atoms with E-state index in [1.807, 2.05) is 13.8 Å². The van der Waals surface area contributed by atoms with E-state index in [0.717, 1.165) is 31.6 Å². The van der Waals surface area contributed by atoms with Crippen LogP contribution in [-0.2, 0) is 4.74 Å². The van der Waals surface area contributed by atoms with Gasteiger partial charge in [-0.15, -0.1) is 0 Å². The van der Waals surface area contributed by atoms with Crippen molar-refractivity contribution in [1.29, 1.82) is 0 Å². The average Bonchev–Trinajstić information content (AvgIpc) is 2.41. The summed E-state index contributed by atoms with van der Waals surface area (Å²) in [4.78, 5) is 2.15. The Hall–Kier alpha value is -1.49. The minimum absolute atomic E-state index is 0.0819. The molecular formula is C16H25FN2O2. The van der Waals surface area contributed by atoms with Gasteiger partial charge in [0.2, 0.25) is 0 Å². The molecule has 0 saturated carbocycles. The number of anilines is 2. The molecule has 1 aliphatic heterocycles. The van der Waals surface area contributed by atoms with Gasteiger partial charge in [0.05, 0.1) is 23.1 Å². The Morgan fingerprint density at radius 3 is 2.71 bits per heavy atom. The molecule has 0 amide bonds. The summed E-state index contributed by atoms with van der Waals surface area (Å²) in [5, 5.41) is 0. The Morgan fingerprint density at radius 2 is 2.10 bits per heavy atom. The highest BCUT2D eigenvalue weighted by atomic mass is 19.1. The Labute approximate surface area is 126 Å². The zero-order valence-electron chi connectivity index (χ0n) is 13.3. The van der Waals surface area contributed by atoms with Gasteiger partial charge in [0.1, 0.15) is 0 Å². The van der Waals surface area contributed by atoms with Gasteiger partial charge in [-0.05, 0) is 33.6 Å². The molecule has 1 aromatic carbocycles. The van der Waals surface area contributed by atoms with Crippen LogP contribution in [0.5, 0.6) is 5.75 Å². The van der Waals surface area contributed by atoms with Crippen LogP contribution in [0.25, 0.3) is 0 Å². The molecule has 1 aromatic rings. The molecule has 1 atom stereocenters.